The summed E-state index contributed by atoms with van der Waals surface area (Å²) in [7, 11) is 0. The monoisotopic (exact) mass is 282 g/mol. The standard InChI is InChI=1S/C13H18N2O5/c1-2-13(12(18)19)4-3-5-15(8-13)6-10-14-9(7-20-10)11(16)17/h7H,2-6,8H2,1H3,(H,16,17)(H,18,19). The van der Waals surface area contributed by atoms with E-state index in [2.05, 4.69) is 4.98 Å². The number of carboxylic acids is 2. The van der Waals surface area contributed by atoms with Gasteiger partial charge in [0.05, 0.1) is 12.0 Å². The molecule has 1 aliphatic heterocycles. The van der Waals surface area contributed by atoms with E-state index in [1.165, 1.54) is 0 Å². The molecule has 1 aliphatic rings. The van der Waals surface area contributed by atoms with E-state index in [4.69, 9.17) is 9.52 Å². The summed E-state index contributed by atoms with van der Waals surface area (Å²) in [5, 5.41) is 18.2. The lowest BCUT2D eigenvalue weighted by Gasteiger charge is -2.38. The zero-order valence-corrected chi connectivity index (χ0v) is 11.3. The van der Waals surface area contributed by atoms with Gasteiger partial charge in [-0.15, -0.1) is 0 Å². The molecule has 0 saturated carbocycles. The summed E-state index contributed by atoms with van der Waals surface area (Å²) < 4.78 is 5.11. The third-order valence-electron chi connectivity index (χ3n) is 3.92. The number of carboxylic acid groups (broad SMARTS) is 2. The molecule has 1 atom stereocenters. The van der Waals surface area contributed by atoms with Crippen LogP contribution in [0.5, 0.6) is 0 Å². The smallest absolute Gasteiger partial charge is 0.357 e. The number of rotatable bonds is 5. The maximum atomic E-state index is 11.5. The number of hydrogen-bond donors (Lipinski definition) is 2. The van der Waals surface area contributed by atoms with Gasteiger partial charge in [-0.1, -0.05) is 6.92 Å². The van der Waals surface area contributed by atoms with Gasteiger partial charge in [0.2, 0.25) is 5.89 Å². The van der Waals surface area contributed by atoms with E-state index in [1.54, 1.807) is 0 Å². The van der Waals surface area contributed by atoms with Gasteiger partial charge in [0, 0.05) is 6.54 Å². The molecule has 7 nitrogen and oxygen atoms in total. The molecule has 0 spiro atoms. The zero-order valence-electron chi connectivity index (χ0n) is 11.3. The van der Waals surface area contributed by atoms with Crippen LogP contribution in [-0.2, 0) is 11.3 Å². The van der Waals surface area contributed by atoms with E-state index in [0.29, 0.717) is 31.8 Å². The van der Waals surface area contributed by atoms with Crippen LogP contribution in [0.1, 0.15) is 42.6 Å². The number of likely N-dealkylation sites (tertiary alicyclic amines) is 1. The number of hydrogen-bond acceptors (Lipinski definition) is 5. The normalized spacial score (nSPS) is 23.6. The lowest BCUT2D eigenvalue weighted by Crippen LogP contribution is -2.47. The first-order chi connectivity index (χ1) is 9.47. The van der Waals surface area contributed by atoms with Gasteiger partial charge < -0.3 is 14.6 Å². The van der Waals surface area contributed by atoms with E-state index in [0.717, 1.165) is 19.2 Å². The topological polar surface area (TPSA) is 104 Å². The van der Waals surface area contributed by atoms with Crippen LogP contribution in [0.25, 0.3) is 0 Å². The number of piperidine rings is 1. The second kappa shape index (κ2) is 5.62. The Morgan fingerprint density at radius 3 is 2.80 bits per heavy atom. The molecule has 2 N–H and O–H groups in total. The van der Waals surface area contributed by atoms with Gasteiger partial charge in [0.1, 0.15) is 6.26 Å². The fraction of sp³-hybridized carbons (Fsp3) is 0.615. The van der Waals surface area contributed by atoms with Gasteiger partial charge >= 0.3 is 11.9 Å². The van der Waals surface area contributed by atoms with Crippen molar-refractivity contribution in [3.8, 4) is 0 Å². The molecule has 0 radical (unpaired) electrons. The molecule has 20 heavy (non-hydrogen) atoms. The molecular formula is C13H18N2O5. The highest BCUT2D eigenvalue weighted by Crippen LogP contribution is 2.34. The quantitative estimate of drug-likeness (QED) is 0.842. The summed E-state index contributed by atoms with van der Waals surface area (Å²) in [4.78, 5) is 28.0. The van der Waals surface area contributed by atoms with E-state index < -0.39 is 17.4 Å². The van der Waals surface area contributed by atoms with E-state index in [1.807, 2.05) is 11.8 Å². The molecule has 2 heterocycles. The molecule has 1 fully saturated rings. The minimum atomic E-state index is -1.13. The average molecular weight is 282 g/mol. The molecule has 110 valence electrons. The molecule has 1 saturated heterocycles. The van der Waals surface area contributed by atoms with Gasteiger partial charge in [-0.2, -0.15) is 0 Å². The third-order valence-corrected chi connectivity index (χ3v) is 3.92. The van der Waals surface area contributed by atoms with Gasteiger partial charge in [0.15, 0.2) is 5.69 Å². The minimum Gasteiger partial charge on any atom is -0.481 e. The second-order valence-electron chi connectivity index (χ2n) is 5.18. The number of aromatic carboxylic acids is 1. The highest BCUT2D eigenvalue weighted by atomic mass is 16.4. The molecule has 0 aromatic carbocycles. The molecule has 1 aromatic rings. The minimum absolute atomic E-state index is 0.128. The summed E-state index contributed by atoms with van der Waals surface area (Å²) in [6.07, 6.45) is 3.14. The molecule has 7 heteroatoms. The van der Waals surface area contributed by atoms with Crippen molar-refractivity contribution in [3.05, 3.63) is 17.8 Å². The maximum absolute atomic E-state index is 11.5. The molecule has 1 unspecified atom stereocenters. The van der Waals surface area contributed by atoms with Crippen molar-refractivity contribution in [2.75, 3.05) is 13.1 Å². The van der Waals surface area contributed by atoms with Crippen molar-refractivity contribution in [1.29, 1.82) is 0 Å². The molecular weight excluding hydrogens is 264 g/mol. The SMILES string of the molecule is CCC1(C(=O)O)CCCN(Cc2nc(C(=O)O)co2)C1. The van der Waals surface area contributed by atoms with Crippen LogP contribution in [0.2, 0.25) is 0 Å². The molecule has 0 aliphatic carbocycles. The Bertz CT molecular complexity index is 513. The van der Waals surface area contributed by atoms with Crippen LogP contribution in [0.3, 0.4) is 0 Å². The van der Waals surface area contributed by atoms with Gasteiger partial charge in [-0.25, -0.2) is 9.78 Å². The molecule has 1 aromatic heterocycles. The molecule has 0 bridgehead atoms. The zero-order chi connectivity index (χ0) is 14.8. The Balaban J connectivity index is 2.05. The number of nitrogens with zero attached hydrogens (tertiary/aromatic N) is 2. The first kappa shape index (κ1) is 14.5. The summed E-state index contributed by atoms with van der Waals surface area (Å²) in [6.45, 7) is 3.41. The first-order valence-corrected chi connectivity index (χ1v) is 6.60. The Kier molecular flexibility index (Phi) is 4.08. The fourth-order valence-electron chi connectivity index (χ4n) is 2.65. The van der Waals surface area contributed by atoms with E-state index in [-0.39, 0.29) is 5.69 Å². The van der Waals surface area contributed by atoms with E-state index in [9.17, 15) is 14.7 Å². The second-order valence-corrected chi connectivity index (χ2v) is 5.18. The van der Waals surface area contributed by atoms with Crippen molar-refractivity contribution in [1.82, 2.24) is 9.88 Å². The largest absolute Gasteiger partial charge is 0.481 e. The Labute approximate surface area is 116 Å². The van der Waals surface area contributed by atoms with Crippen LogP contribution in [0, 0.1) is 5.41 Å². The van der Waals surface area contributed by atoms with Crippen molar-refractivity contribution < 1.29 is 24.2 Å². The number of aliphatic carboxylic acids is 1. The summed E-state index contributed by atoms with van der Waals surface area (Å²) >= 11 is 0. The average Bonchev–Trinajstić information content (AvgIpc) is 2.87. The summed E-state index contributed by atoms with van der Waals surface area (Å²) in [5.74, 6) is -1.60. The predicted molar refractivity (Wildman–Crippen MR) is 68.3 cm³/mol. The highest BCUT2D eigenvalue weighted by molar-refractivity contribution is 5.84. The summed E-state index contributed by atoms with van der Waals surface area (Å²) in [5.41, 5.74) is -0.850. The predicted octanol–water partition coefficient (Wildman–Crippen LogP) is 1.45. The van der Waals surface area contributed by atoms with Gasteiger partial charge in [-0.3, -0.25) is 9.69 Å². The fourth-order valence-corrected chi connectivity index (χ4v) is 2.65. The number of oxazole rings is 1. The van der Waals surface area contributed by atoms with Crippen molar-refractivity contribution >= 4 is 11.9 Å². The highest BCUT2D eigenvalue weighted by Gasteiger charge is 2.40. The Morgan fingerprint density at radius 2 is 2.25 bits per heavy atom. The molecule has 2 rings (SSSR count). The van der Waals surface area contributed by atoms with Crippen molar-refractivity contribution in [2.45, 2.75) is 32.7 Å². The maximum Gasteiger partial charge on any atom is 0.357 e. The first-order valence-electron chi connectivity index (χ1n) is 6.60. The van der Waals surface area contributed by atoms with Gasteiger partial charge in [-0.05, 0) is 25.8 Å². The molecule has 0 amide bonds. The van der Waals surface area contributed by atoms with Crippen molar-refractivity contribution in [3.63, 3.8) is 0 Å². The van der Waals surface area contributed by atoms with Crippen LogP contribution >= 0.6 is 0 Å². The van der Waals surface area contributed by atoms with Gasteiger partial charge in [0.25, 0.3) is 0 Å². The lowest BCUT2D eigenvalue weighted by atomic mass is 9.77. The van der Waals surface area contributed by atoms with Crippen LogP contribution in [0.4, 0.5) is 0 Å². The lowest BCUT2D eigenvalue weighted by molar-refractivity contribution is -0.153. The summed E-state index contributed by atoms with van der Waals surface area (Å²) in [6, 6.07) is 0. The van der Waals surface area contributed by atoms with Crippen LogP contribution in [-0.4, -0.2) is 45.1 Å². The van der Waals surface area contributed by atoms with Crippen molar-refractivity contribution in [2.24, 2.45) is 5.41 Å². The Morgan fingerprint density at radius 1 is 1.50 bits per heavy atom. The van der Waals surface area contributed by atoms with Crippen LogP contribution < -0.4 is 0 Å². The van der Waals surface area contributed by atoms with E-state index >= 15 is 0 Å². The number of carbonyl (C=O) groups is 2. The Hall–Kier alpha value is -1.89. The number of aromatic nitrogens is 1. The third kappa shape index (κ3) is 2.82. The van der Waals surface area contributed by atoms with Crippen LogP contribution in [0.15, 0.2) is 10.7 Å².